The Morgan fingerprint density at radius 1 is 0.839 bits per heavy atom. The predicted molar refractivity (Wildman–Crippen MR) is 141 cm³/mol. The van der Waals surface area contributed by atoms with Crippen LogP contribution in [0.2, 0.25) is 0 Å². The minimum atomic E-state index is -2.95. The molecule has 1 unspecified atom stereocenters. The summed E-state index contributed by atoms with van der Waals surface area (Å²) in [6, 6.07) is 32.9. The molecule has 0 radical (unpaired) electrons. The zero-order valence-corrected chi connectivity index (χ0v) is 21.1. The van der Waals surface area contributed by atoms with Gasteiger partial charge in [0.15, 0.2) is 0 Å². The zero-order valence-electron chi connectivity index (χ0n) is 18.6. The number of allylic oxidation sites excluding steroid dienone is 2. The van der Waals surface area contributed by atoms with Crippen molar-refractivity contribution in [2.24, 2.45) is 11.3 Å². The molecule has 1 atom stereocenters. The number of aliphatic hydroxyl groups excluding tert-OH is 1. The Morgan fingerprint density at radius 2 is 1.23 bits per heavy atom. The van der Waals surface area contributed by atoms with E-state index in [9.17, 15) is 5.11 Å². The van der Waals surface area contributed by atoms with Crippen molar-refractivity contribution < 1.29 is 5.11 Å². The van der Waals surface area contributed by atoms with E-state index in [1.807, 2.05) is 0 Å². The van der Waals surface area contributed by atoms with E-state index in [1.54, 1.807) is 0 Å². The van der Waals surface area contributed by atoms with Crippen LogP contribution >= 0.6 is 20.8 Å². The Morgan fingerprint density at radius 3 is 1.55 bits per heavy atom. The summed E-state index contributed by atoms with van der Waals surface area (Å²) in [5, 5.41) is 10.9. The maximum atomic E-state index is 9.81. The van der Waals surface area contributed by atoms with Gasteiger partial charge < -0.3 is 0 Å². The average Bonchev–Trinajstić information content (AvgIpc) is 2.80. The van der Waals surface area contributed by atoms with Crippen LogP contribution in [0.1, 0.15) is 27.2 Å². The van der Waals surface area contributed by atoms with Crippen molar-refractivity contribution >= 4 is 36.7 Å². The van der Waals surface area contributed by atoms with E-state index in [0.717, 1.165) is 12.6 Å². The molecule has 1 aliphatic carbocycles. The molecule has 1 fully saturated rings. The summed E-state index contributed by atoms with van der Waals surface area (Å²) in [5.41, 5.74) is 2.99. The molecular formula is C28H32BrOP. The molecule has 0 aromatic heterocycles. The quantitative estimate of drug-likeness (QED) is 0.320. The first-order valence-corrected chi connectivity index (χ1v) is 15.5. The fraction of sp³-hybridized carbons (Fsp3) is 0.286. The van der Waals surface area contributed by atoms with Crippen LogP contribution in [0.3, 0.4) is 0 Å². The van der Waals surface area contributed by atoms with Crippen molar-refractivity contribution in [3.8, 4) is 0 Å². The number of aliphatic hydroxyl groups is 1. The van der Waals surface area contributed by atoms with Gasteiger partial charge >= 0.3 is 195 Å². The molecule has 162 valence electrons. The maximum absolute atomic E-state index is 9.81. The van der Waals surface area contributed by atoms with Gasteiger partial charge in [0, 0.05) is 0 Å². The molecule has 3 aromatic rings. The SMILES string of the molecule is CC(CP(Br)(c1ccccc1)(c1ccccc1)c1ccccc1)=C1CC(CO)C1(C)C. The first-order chi connectivity index (χ1) is 14.8. The fourth-order valence-electron chi connectivity index (χ4n) is 5.38. The van der Waals surface area contributed by atoms with Crippen molar-refractivity contribution in [3.63, 3.8) is 0 Å². The molecule has 3 heteroatoms. The Balaban J connectivity index is 2.01. The number of hydrogen-bond acceptors (Lipinski definition) is 1. The molecule has 0 bridgehead atoms. The molecule has 1 aliphatic rings. The van der Waals surface area contributed by atoms with E-state index in [0.29, 0.717) is 5.92 Å². The molecule has 0 saturated heterocycles. The van der Waals surface area contributed by atoms with Crippen LogP contribution in [0.25, 0.3) is 0 Å². The third-order valence-electron chi connectivity index (χ3n) is 7.40. The molecule has 0 spiro atoms. The molecule has 1 N–H and O–H groups in total. The monoisotopic (exact) mass is 494 g/mol. The van der Waals surface area contributed by atoms with Gasteiger partial charge in [-0.3, -0.25) is 0 Å². The van der Waals surface area contributed by atoms with E-state index in [4.69, 9.17) is 0 Å². The van der Waals surface area contributed by atoms with Gasteiger partial charge in [-0.1, -0.05) is 0 Å². The van der Waals surface area contributed by atoms with Gasteiger partial charge in [0.25, 0.3) is 0 Å². The van der Waals surface area contributed by atoms with E-state index < -0.39 is 5.31 Å². The summed E-state index contributed by atoms with van der Waals surface area (Å²) in [6.07, 6.45) is 1.94. The van der Waals surface area contributed by atoms with Crippen LogP contribution in [0.4, 0.5) is 0 Å². The van der Waals surface area contributed by atoms with Gasteiger partial charge in [-0.05, 0) is 0 Å². The van der Waals surface area contributed by atoms with Crippen molar-refractivity contribution in [3.05, 3.63) is 102 Å². The third kappa shape index (κ3) is 3.54. The van der Waals surface area contributed by atoms with Gasteiger partial charge in [-0.2, -0.15) is 0 Å². The topological polar surface area (TPSA) is 20.2 Å². The first kappa shape index (κ1) is 22.5. The van der Waals surface area contributed by atoms with Gasteiger partial charge in [0.05, 0.1) is 0 Å². The molecule has 1 saturated carbocycles. The normalized spacial score (nSPS) is 20.9. The van der Waals surface area contributed by atoms with E-state index >= 15 is 0 Å². The minimum absolute atomic E-state index is 0.0467. The predicted octanol–water partition coefficient (Wildman–Crippen LogP) is 6.18. The summed E-state index contributed by atoms with van der Waals surface area (Å²) < 4.78 is 0. The molecular weight excluding hydrogens is 463 g/mol. The molecule has 1 nitrogen and oxygen atoms in total. The van der Waals surface area contributed by atoms with Crippen molar-refractivity contribution in [1.82, 2.24) is 0 Å². The van der Waals surface area contributed by atoms with Crippen LogP contribution < -0.4 is 15.9 Å². The number of rotatable bonds is 6. The summed E-state index contributed by atoms with van der Waals surface area (Å²) in [4.78, 5) is 0. The molecule has 0 heterocycles. The zero-order chi connectivity index (χ0) is 22.1. The van der Waals surface area contributed by atoms with Crippen molar-refractivity contribution in [2.45, 2.75) is 27.2 Å². The molecule has 0 amide bonds. The molecule has 4 rings (SSSR count). The first-order valence-electron chi connectivity index (χ1n) is 11.0. The van der Waals surface area contributed by atoms with Crippen LogP contribution in [0.5, 0.6) is 0 Å². The van der Waals surface area contributed by atoms with Crippen LogP contribution in [-0.2, 0) is 0 Å². The van der Waals surface area contributed by atoms with Crippen LogP contribution in [0.15, 0.2) is 102 Å². The second-order valence-corrected chi connectivity index (χ2v) is 18.3. The fourth-order valence-corrected chi connectivity index (χ4v) is 13.5. The van der Waals surface area contributed by atoms with E-state index in [2.05, 4.69) is 127 Å². The number of halogens is 1. The Kier molecular flexibility index (Phi) is 6.03. The third-order valence-corrected chi connectivity index (χ3v) is 17.0. The van der Waals surface area contributed by atoms with Gasteiger partial charge in [-0.15, -0.1) is 0 Å². The second kappa shape index (κ2) is 8.32. The summed E-state index contributed by atoms with van der Waals surface area (Å²) in [6.45, 7) is 7.14. The van der Waals surface area contributed by atoms with E-state index in [-0.39, 0.29) is 12.0 Å². The van der Waals surface area contributed by atoms with Crippen LogP contribution in [0, 0.1) is 11.3 Å². The van der Waals surface area contributed by atoms with Gasteiger partial charge in [0.2, 0.25) is 0 Å². The Labute approximate surface area is 194 Å². The molecule has 3 aromatic carbocycles. The molecule has 0 aliphatic heterocycles. The Hall–Kier alpha value is -1.73. The summed E-state index contributed by atoms with van der Waals surface area (Å²) in [7, 11) is 0. The Bertz CT molecular complexity index is 974. The van der Waals surface area contributed by atoms with Crippen LogP contribution in [-0.4, -0.2) is 17.9 Å². The summed E-state index contributed by atoms with van der Waals surface area (Å²) >= 11 is 4.56. The van der Waals surface area contributed by atoms with Crippen molar-refractivity contribution in [1.29, 1.82) is 0 Å². The average molecular weight is 495 g/mol. The standard InChI is InChI=1S/C28H32BrOP/c1-22(27-19-23(20-30)28(27,2)3)21-31(29,24-13-7-4-8-14-24,25-15-9-5-10-16-25)26-17-11-6-12-18-26/h4-18,23,30H,19-21H2,1-3H3. The number of hydrogen-bond donors (Lipinski definition) is 1. The van der Waals surface area contributed by atoms with E-state index in [1.165, 1.54) is 27.1 Å². The van der Waals surface area contributed by atoms with Crippen molar-refractivity contribution in [2.75, 3.05) is 12.8 Å². The van der Waals surface area contributed by atoms with Gasteiger partial charge in [0.1, 0.15) is 0 Å². The molecule has 31 heavy (non-hydrogen) atoms. The second-order valence-electron chi connectivity index (χ2n) is 9.41. The number of benzene rings is 3. The van der Waals surface area contributed by atoms with Gasteiger partial charge in [-0.25, -0.2) is 0 Å². The summed E-state index contributed by atoms with van der Waals surface area (Å²) in [5.74, 6) is 0.351.